The first-order chi connectivity index (χ1) is 26.3. The third kappa shape index (κ3) is 3.93. The highest BCUT2D eigenvalue weighted by molar-refractivity contribution is 7.26. The molecule has 1 aliphatic heterocycles. The van der Waals surface area contributed by atoms with Gasteiger partial charge in [0, 0.05) is 32.3 Å². The lowest BCUT2D eigenvalue weighted by Gasteiger charge is -2.39. The monoisotopic (exact) mass is 692 g/mol. The molecule has 0 amide bonds. The smallest absolute Gasteiger partial charge is 0.160 e. The molecule has 0 fully saturated rings. The zero-order valence-corrected chi connectivity index (χ0v) is 29.2. The van der Waals surface area contributed by atoms with E-state index in [9.17, 15) is 0 Å². The Balaban J connectivity index is 1.23. The maximum absolute atomic E-state index is 6.66. The number of rotatable bonds is 2. The fourth-order valence-corrected chi connectivity index (χ4v) is 10.2. The van der Waals surface area contributed by atoms with Crippen LogP contribution >= 0.6 is 11.3 Å². The highest BCUT2D eigenvalue weighted by Gasteiger charge is 2.52. The summed E-state index contributed by atoms with van der Waals surface area (Å²) in [5.41, 5.74) is 10.7. The minimum absolute atomic E-state index is 0.594. The third-order valence-electron chi connectivity index (χ3n) is 11.3. The minimum atomic E-state index is -0.594. The lowest BCUT2D eigenvalue weighted by Crippen LogP contribution is -2.32. The molecule has 0 N–H and O–H groups in total. The first-order valence-corrected chi connectivity index (χ1v) is 18.8. The Hall–Kier alpha value is -6.62. The maximum Gasteiger partial charge on any atom is 0.160 e. The van der Waals surface area contributed by atoms with E-state index in [1.165, 1.54) is 48.5 Å². The summed E-state index contributed by atoms with van der Waals surface area (Å²) in [6.07, 6.45) is 0. The van der Waals surface area contributed by atoms with E-state index in [0.29, 0.717) is 0 Å². The van der Waals surface area contributed by atoms with Gasteiger partial charge in [-0.15, -0.1) is 11.3 Å². The van der Waals surface area contributed by atoms with E-state index < -0.39 is 5.41 Å². The number of hydrogen-bond donors (Lipinski definition) is 0. The normalized spacial score (nSPS) is 13.6. The van der Waals surface area contributed by atoms with Crippen molar-refractivity contribution < 1.29 is 4.74 Å². The average molecular weight is 693 g/mol. The summed E-state index contributed by atoms with van der Waals surface area (Å²) >= 11 is 1.78. The summed E-state index contributed by atoms with van der Waals surface area (Å²) in [5, 5.41) is 5.95. The number of thiophene rings is 1. The van der Waals surface area contributed by atoms with Gasteiger partial charge in [0.05, 0.1) is 21.3 Å². The molecule has 2 aliphatic rings. The van der Waals surface area contributed by atoms with Crippen molar-refractivity contribution in [3.8, 4) is 45.3 Å². The number of aromatic nitrogens is 2. The van der Waals surface area contributed by atoms with Crippen molar-refractivity contribution >= 4 is 53.2 Å². The Kier molecular flexibility index (Phi) is 5.86. The van der Waals surface area contributed by atoms with Gasteiger partial charge in [0.2, 0.25) is 0 Å². The number of hydrogen-bond acceptors (Lipinski definition) is 4. The van der Waals surface area contributed by atoms with Gasteiger partial charge in [0.25, 0.3) is 0 Å². The molecule has 3 nitrogen and oxygen atoms in total. The van der Waals surface area contributed by atoms with Crippen LogP contribution in [0.3, 0.4) is 0 Å². The molecule has 0 bridgehead atoms. The predicted molar refractivity (Wildman–Crippen MR) is 218 cm³/mol. The summed E-state index contributed by atoms with van der Waals surface area (Å²) < 4.78 is 8.97. The second-order valence-electron chi connectivity index (χ2n) is 14.1. The predicted octanol–water partition coefficient (Wildman–Crippen LogP) is 13.0. The molecule has 0 atom stereocenters. The molecule has 2 aromatic heterocycles. The lowest BCUT2D eigenvalue weighted by molar-refractivity contribution is 0.436. The van der Waals surface area contributed by atoms with E-state index in [-0.39, 0.29) is 0 Å². The van der Waals surface area contributed by atoms with Crippen molar-refractivity contribution in [1.82, 2.24) is 9.97 Å². The van der Waals surface area contributed by atoms with Crippen molar-refractivity contribution in [2.45, 2.75) is 5.41 Å². The number of fused-ring (bicyclic) bond motifs is 14. The van der Waals surface area contributed by atoms with Gasteiger partial charge >= 0.3 is 0 Å². The van der Waals surface area contributed by atoms with E-state index in [1.54, 1.807) is 11.3 Å². The van der Waals surface area contributed by atoms with Crippen LogP contribution in [0.5, 0.6) is 11.5 Å². The summed E-state index contributed by atoms with van der Waals surface area (Å²) in [4.78, 5) is 10.9. The molecule has 10 aromatic rings. The van der Waals surface area contributed by atoms with Gasteiger partial charge in [0.1, 0.15) is 11.5 Å². The number of ether oxygens (including phenoxy) is 1. The van der Waals surface area contributed by atoms with E-state index in [0.717, 1.165) is 60.9 Å². The third-order valence-corrected chi connectivity index (χ3v) is 12.5. The van der Waals surface area contributed by atoms with Gasteiger partial charge in [-0.3, -0.25) is 0 Å². The molecular weight excluding hydrogens is 665 g/mol. The molecule has 246 valence electrons. The molecule has 53 heavy (non-hydrogen) atoms. The SMILES string of the molecule is c1ccc2c(c1)Oc1ccccc1C21c2cc3ccccc3cc2-c2c(-c3nc(-c4ccc5ccccc5c4)nc4c3sc3ccccc34)cccc21. The Morgan fingerprint density at radius 1 is 0.472 bits per heavy atom. The van der Waals surface area contributed by atoms with Crippen LogP contribution in [0.1, 0.15) is 22.3 Å². The van der Waals surface area contributed by atoms with Gasteiger partial charge in [-0.1, -0.05) is 133 Å². The summed E-state index contributed by atoms with van der Waals surface area (Å²) in [6.45, 7) is 0. The lowest BCUT2D eigenvalue weighted by atomic mass is 9.66. The zero-order valence-electron chi connectivity index (χ0n) is 28.4. The highest BCUT2D eigenvalue weighted by Crippen LogP contribution is 2.64. The molecule has 0 radical (unpaired) electrons. The first-order valence-electron chi connectivity index (χ1n) is 18.0. The maximum atomic E-state index is 6.66. The van der Waals surface area contributed by atoms with Crippen molar-refractivity contribution in [1.29, 1.82) is 0 Å². The van der Waals surface area contributed by atoms with E-state index in [2.05, 4.69) is 170 Å². The van der Waals surface area contributed by atoms with Crippen molar-refractivity contribution in [2.24, 2.45) is 0 Å². The fraction of sp³-hybridized carbons (Fsp3) is 0.0204. The molecule has 0 saturated carbocycles. The van der Waals surface area contributed by atoms with Crippen LogP contribution in [0.2, 0.25) is 0 Å². The van der Waals surface area contributed by atoms with Crippen LogP contribution < -0.4 is 4.74 Å². The molecule has 8 aromatic carbocycles. The first kappa shape index (κ1) is 29.0. The Labute approximate surface area is 309 Å². The number of para-hydroxylation sites is 2. The molecule has 0 saturated heterocycles. The molecule has 0 unspecified atom stereocenters. The van der Waals surface area contributed by atoms with Crippen LogP contribution in [0.4, 0.5) is 0 Å². The summed E-state index contributed by atoms with van der Waals surface area (Å²) in [7, 11) is 0. The largest absolute Gasteiger partial charge is 0.457 e. The molecule has 4 heteroatoms. The topological polar surface area (TPSA) is 35.0 Å². The van der Waals surface area contributed by atoms with Gasteiger partial charge in [-0.2, -0.15) is 0 Å². The molecule has 1 aliphatic carbocycles. The van der Waals surface area contributed by atoms with Crippen LogP contribution in [-0.4, -0.2) is 9.97 Å². The van der Waals surface area contributed by atoms with Crippen LogP contribution in [0.25, 0.3) is 75.6 Å². The van der Waals surface area contributed by atoms with Gasteiger partial charge < -0.3 is 4.74 Å². The second-order valence-corrected chi connectivity index (χ2v) is 15.1. The van der Waals surface area contributed by atoms with Crippen molar-refractivity contribution in [2.75, 3.05) is 0 Å². The van der Waals surface area contributed by atoms with E-state index >= 15 is 0 Å². The van der Waals surface area contributed by atoms with Crippen molar-refractivity contribution in [3.63, 3.8) is 0 Å². The van der Waals surface area contributed by atoms with Gasteiger partial charge in [0.15, 0.2) is 5.82 Å². The Morgan fingerprint density at radius 2 is 1.11 bits per heavy atom. The molecule has 1 spiro atoms. The highest BCUT2D eigenvalue weighted by atomic mass is 32.1. The standard InChI is InChI=1S/C49H28N2OS/c1-2-13-30-26-33(25-24-29(30)12-1)48-50-45-34-16-5-10-23-43(34)53-47(45)46(51-48)35-17-11-20-39-44(35)36-27-31-14-3-4-15-32(31)28-40(36)49(39)37-18-6-8-21-41(37)52-42-22-9-7-19-38(42)49/h1-28H. The van der Waals surface area contributed by atoms with Crippen LogP contribution in [-0.2, 0) is 5.41 Å². The quantitative estimate of drug-likeness (QED) is 0.181. The fourth-order valence-electron chi connectivity index (χ4n) is 9.06. The van der Waals surface area contributed by atoms with Gasteiger partial charge in [-0.25, -0.2) is 9.97 Å². The average Bonchev–Trinajstić information content (AvgIpc) is 3.73. The van der Waals surface area contributed by atoms with Gasteiger partial charge in [-0.05, 0) is 80.2 Å². The minimum Gasteiger partial charge on any atom is -0.457 e. The van der Waals surface area contributed by atoms with Crippen LogP contribution in [0, 0.1) is 0 Å². The Morgan fingerprint density at radius 3 is 1.91 bits per heavy atom. The number of benzene rings is 8. The van der Waals surface area contributed by atoms with Crippen molar-refractivity contribution in [3.05, 3.63) is 192 Å². The van der Waals surface area contributed by atoms with E-state index in [4.69, 9.17) is 14.7 Å². The zero-order chi connectivity index (χ0) is 34.7. The summed E-state index contributed by atoms with van der Waals surface area (Å²) in [5.74, 6) is 2.50. The molecule has 12 rings (SSSR count). The Bertz CT molecular complexity index is 3130. The second kappa shape index (κ2) is 10.7. The molecular formula is C49H28N2OS. The number of nitrogens with zero attached hydrogens (tertiary/aromatic N) is 2. The molecule has 3 heterocycles. The van der Waals surface area contributed by atoms with Crippen LogP contribution in [0.15, 0.2) is 170 Å². The van der Waals surface area contributed by atoms with E-state index in [1.807, 2.05) is 0 Å². The summed E-state index contributed by atoms with van der Waals surface area (Å²) in [6, 6.07) is 61.1.